The number of nitrogens with zero attached hydrogens (tertiary/aromatic N) is 4. The zero-order valence-corrected chi connectivity index (χ0v) is 16.6. The van der Waals surface area contributed by atoms with Gasteiger partial charge >= 0.3 is 0 Å². The summed E-state index contributed by atoms with van der Waals surface area (Å²) >= 11 is 0. The van der Waals surface area contributed by atoms with Crippen LogP contribution in [0.15, 0.2) is 60.7 Å². The third-order valence-electron chi connectivity index (χ3n) is 4.98. The van der Waals surface area contributed by atoms with Crippen LogP contribution in [0.5, 0.6) is 11.5 Å². The summed E-state index contributed by atoms with van der Waals surface area (Å²) in [7, 11) is 3.23. The lowest BCUT2D eigenvalue weighted by molar-refractivity contribution is 0.415. The van der Waals surface area contributed by atoms with E-state index < -0.39 is 0 Å². The highest BCUT2D eigenvalue weighted by Crippen LogP contribution is 2.32. The summed E-state index contributed by atoms with van der Waals surface area (Å²) in [6.45, 7) is 0. The standard InChI is InChI=1S/C24H18N4O2/c1-29-19-7-3-16(4-8-19)21-13-18(11-12-25)28-24(22(21)15-26)14-23(27-28)17-5-9-20(30-2)10-6-17/h3-10,13-14H,11H2,1-2H3. The lowest BCUT2D eigenvalue weighted by Gasteiger charge is -2.10. The molecule has 2 aromatic heterocycles. The molecule has 6 heteroatoms. The van der Waals surface area contributed by atoms with Crippen molar-refractivity contribution in [3.8, 4) is 46.0 Å². The molecule has 0 bridgehead atoms. The SMILES string of the molecule is COc1ccc(-c2cc3c(C#N)c(-c4ccc(OC)cc4)cc(CC#N)n3n2)cc1. The molecule has 0 saturated heterocycles. The zero-order valence-electron chi connectivity index (χ0n) is 16.6. The fourth-order valence-electron chi connectivity index (χ4n) is 3.44. The van der Waals surface area contributed by atoms with Gasteiger partial charge in [0.05, 0.1) is 49.2 Å². The normalized spacial score (nSPS) is 10.4. The van der Waals surface area contributed by atoms with E-state index in [-0.39, 0.29) is 6.42 Å². The summed E-state index contributed by atoms with van der Waals surface area (Å²) in [5, 5.41) is 24.0. The van der Waals surface area contributed by atoms with Gasteiger partial charge in [-0.3, -0.25) is 0 Å². The summed E-state index contributed by atoms with van der Waals surface area (Å²) in [5.41, 5.74) is 5.16. The predicted molar refractivity (Wildman–Crippen MR) is 113 cm³/mol. The van der Waals surface area contributed by atoms with E-state index in [2.05, 4.69) is 17.2 Å². The van der Waals surface area contributed by atoms with E-state index in [4.69, 9.17) is 9.47 Å². The molecule has 0 aliphatic rings. The van der Waals surface area contributed by atoms with Gasteiger partial charge in [0.2, 0.25) is 0 Å². The molecule has 0 atom stereocenters. The second kappa shape index (κ2) is 7.98. The van der Waals surface area contributed by atoms with Gasteiger partial charge in [-0.15, -0.1) is 0 Å². The van der Waals surface area contributed by atoms with Crippen molar-refractivity contribution >= 4 is 5.52 Å². The van der Waals surface area contributed by atoms with Gasteiger partial charge in [0.1, 0.15) is 17.6 Å². The molecule has 0 saturated carbocycles. The van der Waals surface area contributed by atoms with E-state index in [0.29, 0.717) is 11.1 Å². The highest BCUT2D eigenvalue weighted by molar-refractivity contribution is 5.82. The Kier molecular flexibility index (Phi) is 5.07. The van der Waals surface area contributed by atoms with Gasteiger partial charge in [0.15, 0.2) is 0 Å². The Morgan fingerprint density at radius 3 is 2.00 bits per heavy atom. The number of hydrogen-bond acceptors (Lipinski definition) is 5. The summed E-state index contributed by atoms with van der Waals surface area (Å²) in [4.78, 5) is 0. The zero-order chi connectivity index (χ0) is 21.1. The first kappa shape index (κ1) is 19.0. The van der Waals surface area contributed by atoms with Crippen LogP contribution in [0.4, 0.5) is 0 Å². The average Bonchev–Trinajstić information content (AvgIpc) is 3.25. The van der Waals surface area contributed by atoms with Gasteiger partial charge < -0.3 is 9.47 Å². The summed E-state index contributed by atoms with van der Waals surface area (Å²) in [6.07, 6.45) is 0.176. The number of pyridine rings is 1. The van der Waals surface area contributed by atoms with Crippen molar-refractivity contribution < 1.29 is 9.47 Å². The number of methoxy groups -OCH3 is 2. The first-order valence-corrected chi connectivity index (χ1v) is 9.30. The largest absolute Gasteiger partial charge is 0.497 e. The van der Waals surface area contributed by atoms with E-state index >= 15 is 0 Å². The van der Waals surface area contributed by atoms with E-state index in [1.165, 1.54) is 0 Å². The highest BCUT2D eigenvalue weighted by Gasteiger charge is 2.17. The van der Waals surface area contributed by atoms with Crippen LogP contribution in [-0.4, -0.2) is 23.8 Å². The molecule has 0 aliphatic heterocycles. The average molecular weight is 394 g/mol. The van der Waals surface area contributed by atoms with Gasteiger partial charge in [0, 0.05) is 11.1 Å². The Hall–Kier alpha value is -4.29. The molecule has 2 aromatic carbocycles. The highest BCUT2D eigenvalue weighted by atomic mass is 16.5. The van der Waals surface area contributed by atoms with Crippen LogP contribution in [0.3, 0.4) is 0 Å². The predicted octanol–water partition coefficient (Wildman–Crippen LogP) is 4.62. The van der Waals surface area contributed by atoms with E-state index in [0.717, 1.165) is 39.6 Å². The van der Waals surface area contributed by atoms with Gasteiger partial charge in [-0.1, -0.05) is 12.1 Å². The topological polar surface area (TPSA) is 83.3 Å². The number of fused-ring (bicyclic) bond motifs is 1. The van der Waals surface area contributed by atoms with Crippen molar-refractivity contribution in [1.29, 1.82) is 10.5 Å². The molecule has 30 heavy (non-hydrogen) atoms. The number of benzene rings is 2. The minimum atomic E-state index is 0.176. The lowest BCUT2D eigenvalue weighted by Crippen LogP contribution is -2.02. The van der Waals surface area contributed by atoms with Gasteiger partial charge in [-0.2, -0.15) is 15.6 Å². The van der Waals surface area contributed by atoms with Crippen LogP contribution in [0.25, 0.3) is 27.9 Å². The summed E-state index contributed by atoms with van der Waals surface area (Å²) < 4.78 is 12.1. The number of hydrogen-bond donors (Lipinski definition) is 0. The van der Waals surface area contributed by atoms with Crippen molar-refractivity contribution in [1.82, 2.24) is 9.61 Å². The molecule has 4 aromatic rings. The lowest BCUT2D eigenvalue weighted by atomic mass is 9.98. The molecule has 4 rings (SSSR count). The van der Waals surface area contributed by atoms with E-state index in [9.17, 15) is 10.5 Å². The van der Waals surface area contributed by atoms with Crippen molar-refractivity contribution in [2.24, 2.45) is 0 Å². The van der Waals surface area contributed by atoms with Gasteiger partial charge in [0.25, 0.3) is 0 Å². The Labute approximate surface area is 174 Å². The smallest absolute Gasteiger partial charge is 0.118 e. The molecular formula is C24H18N4O2. The summed E-state index contributed by atoms with van der Waals surface area (Å²) in [6, 6.07) is 23.3. The second-order valence-corrected chi connectivity index (χ2v) is 6.65. The van der Waals surface area contributed by atoms with Crippen molar-refractivity contribution in [2.45, 2.75) is 6.42 Å². The summed E-state index contributed by atoms with van der Waals surface area (Å²) in [5.74, 6) is 1.49. The van der Waals surface area contributed by atoms with Crippen molar-refractivity contribution in [3.63, 3.8) is 0 Å². The molecule has 0 amide bonds. The second-order valence-electron chi connectivity index (χ2n) is 6.65. The molecule has 6 nitrogen and oxygen atoms in total. The molecule has 0 radical (unpaired) electrons. The van der Waals surface area contributed by atoms with Crippen LogP contribution in [-0.2, 0) is 6.42 Å². The minimum Gasteiger partial charge on any atom is -0.497 e. The number of aromatic nitrogens is 2. The van der Waals surface area contributed by atoms with Crippen molar-refractivity contribution in [2.75, 3.05) is 14.2 Å². The fraction of sp³-hybridized carbons (Fsp3) is 0.125. The molecule has 0 N–H and O–H groups in total. The molecular weight excluding hydrogens is 376 g/mol. The molecule has 0 fully saturated rings. The number of rotatable bonds is 5. The first-order chi connectivity index (χ1) is 14.7. The van der Waals surface area contributed by atoms with Crippen LogP contribution in [0.2, 0.25) is 0 Å². The third kappa shape index (κ3) is 3.32. The first-order valence-electron chi connectivity index (χ1n) is 9.30. The maximum atomic E-state index is 9.95. The number of nitriles is 2. The van der Waals surface area contributed by atoms with Crippen LogP contribution < -0.4 is 9.47 Å². The molecule has 146 valence electrons. The Balaban J connectivity index is 1.93. The van der Waals surface area contributed by atoms with Crippen LogP contribution >= 0.6 is 0 Å². The third-order valence-corrected chi connectivity index (χ3v) is 4.98. The van der Waals surface area contributed by atoms with Gasteiger partial charge in [-0.05, 0) is 54.1 Å². The van der Waals surface area contributed by atoms with E-state index in [1.807, 2.05) is 60.7 Å². The van der Waals surface area contributed by atoms with Crippen molar-refractivity contribution in [3.05, 3.63) is 71.9 Å². The van der Waals surface area contributed by atoms with E-state index in [1.54, 1.807) is 18.7 Å². The van der Waals surface area contributed by atoms with Crippen LogP contribution in [0.1, 0.15) is 11.3 Å². The molecule has 0 unspecified atom stereocenters. The number of ether oxygens (including phenoxy) is 2. The van der Waals surface area contributed by atoms with Gasteiger partial charge in [-0.25, -0.2) is 4.52 Å². The quantitative estimate of drug-likeness (QED) is 0.493. The maximum absolute atomic E-state index is 9.95. The maximum Gasteiger partial charge on any atom is 0.118 e. The molecule has 2 heterocycles. The Morgan fingerprint density at radius 1 is 0.867 bits per heavy atom. The Morgan fingerprint density at radius 2 is 1.47 bits per heavy atom. The monoisotopic (exact) mass is 394 g/mol. The molecule has 0 spiro atoms. The molecule has 0 aliphatic carbocycles. The minimum absolute atomic E-state index is 0.176. The Bertz CT molecular complexity index is 1290. The fourth-order valence-corrected chi connectivity index (χ4v) is 3.44. The van der Waals surface area contributed by atoms with Crippen LogP contribution in [0, 0.1) is 22.7 Å².